The fourth-order valence-electron chi connectivity index (χ4n) is 3.29. The quantitative estimate of drug-likeness (QED) is 0.846. The number of amides is 2. The molecular formula is C17H21N5O3. The Hall–Kier alpha value is -2.77. The predicted octanol–water partition coefficient (Wildman–Crippen LogP) is 0.438. The van der Waals surface area contributed by atoms with E-state index >= 15 is 0 Å². The summed E-state index contributed by atoms with van der Waals surface area (Å²) in [6, 6.07) is 6.83. The van der Waals surface area contributed by atoms with E-state index in [0.717, 1.165) is 19.3 Å². The second-order valence-corrected chi connectivity index (χ2v) is 6.29. The number of aromatic nitrogens is 3. The first kappa shape index (κ1) is 17.1. The molecule has 2 amide bonds. The van der Waals surface area contributed by atoms with Gasteiger partial charge in [0, 0.05) is 25.4 Å². The lowest BCUT2D eigenvalue weighted by Gasteiger charge is -2.35. The lowest BCUT2D eigenvalue weighted by Crippen LogP contribution is -2.46. The van der Waals surface area contributed by atoms with E-state index in [2.05, 4.69) is 10.3 Å². The maximum absolute atomic E-state index is 12.5. The molecule has 1 aliphatic rings. The standard InChI is InChI=1S/C17H21N5O3/c18-15(23)11-12-5-3-4-9-21(12)16(24)8-10-22-17(25)13-6-1-2-7-14(13)19-20-22/h1-2,6-7,12H,3-5,8-11H2,(H2,18,23)/t12-/m0/s1. The summed E-state index contributed by atoms with van der Waals surface area (Å²) in [5.74, 6) is -0.492. The molecule has 1 aliphatic heterocycles. The molecule has 1 fully saturated rings. The maximum Gasteiger partial charge on any atom is 0.277 e. The number of carbonyl (C=O) groups excluding carboxylic acids is 2. The molecule has 2 heterocycles. The zero-order valence-electron chi connectivity index (χ0n) is 13.9. The van der Waals surface area contributed by atoms with Crippen LogP contribution >= 0.6 is 0 Å². The number of rotatable bonds is 5. The monoisotopic (exact) mass is 343 g/mol. The first-order valence-corrected chi connectivity index (χ1v) is 8.46. The molecule has 3 rings (SSSR count). The van der Waals surface area contributed by atoms with Gasteiger partial charge in [-0.15, -0.1) is 5.10 Å². The van der Waals surface area contributed by atoms with Crippen LogP contribution in [0.15, 0.2) is 29.1 Å². The Morgan fingerprint density at radius 1 is 1.24 bits per heavy atom. The molecule has 1 atom stereocenters. The number of benzene rings is 1. The van der Waals surface area contributed by atoms with Gasteiger partial charge >= 0.3 is 0 Å². The van der Waals surface area contributed by atoms with E-state index in [1.54, 1.807) is 29.2 Å². The Morgan fingerprint density at radius 3 is 2.84 bits per heavy atom. The Bertz CT molecular complexity index is 848. The van der Waals surface area contributed by atoms with Crippen LogP contribution in [0.4, 0.5) is 0 Å². The number of nitrogens with two attached hydrogens (primary N) is 1. The first-order valence-electron chi connectivity index (χ1n) is 8.46. The Kier molecular flexibility index (Phi) is 5.06. The van der Waals surface area contributed by atoms with Crippen LogP contribution in [0.3, 0.4) is 0 Å². The van der Waals surface area contributed by atoms with Crippen LogP contribution in [0.2, 0.25) is 0 Å². The van der Waals surface area contributed by atoms with Gasteiger partial charge in [0.2, 0.25) is 11.8 Å². The van der Waals surface area contributed by atoms with Crippen LogP contribution in [0, 0.1) is 0 Å². The maximum atomic E-state index is 12.5. The summed E-state index contributed by atoms with van der Waals surface area (Å²) in [6.45, 7) is 0.782. The van der Waals surface area contributed by atoms with E-state index in [-0.39, 0.29) is 36.9 Å². The molecule has 25 heavy (non-hydrogen) atoms. The normalized spacial score (nSPS) is 17.6. The molecule has 0 spiro atoms. The van der Waals surface area contributed by atoms with Crippen LogP contribution in [0.5, 0.6) is 0 Å². The summed E-state index contributed by atoms with van der Waals surface area (Å²) in [4.78, 5) is 37.9. The van der Waals surface area contributed by atoms with Crippen LogP contribution < -0.4 is 11.3 Å². The van der Waals surface area contributed by atoms with E-state index in [4.69, 9.17) is 5.73 Å². The molecule has 0 saturated carbocycles. The molecule has 0 aliphatic carbocycles. The van der Waals surface area contributed by atoms with Crippen molar-refractivity contribution in [3.05, 3.63) is 34.6 Å². The topological polar surface area (TPSA) is 111 Å². The van der Waals surface area contributed by atoms with Crippen molar-refractivity contribution in [2.24, 2.45) is 5.73 Å². The van der Waals surface area contributed by atoms with Crippen molar-refractivity contribution in [1.29, 1.82) is 0 Å². The SMILES string of the molecule is NC(=O)C[C@@H]1CCCCN1C(=O)CCn1nnc2ccccc2c1=O. The van der Waals surface area contributed by atoms with Crippen LogP contribution in [-0.4, -0.2) is 44.3 Å². The summed E-state index contributed by atoms with van der Waals surface area (Å²) in [7, 11) is 0. The lowest BCUT2D eigenvalue weighted by atomic mass is 9.98. The predicted molar refractivity (Wildman–Crippen MR) is 91.6 cm³/mol. The van der Waals surface area contributed by atoms with Gasteiger partial charge in [0.25, 0.3) is 5.56 Å². The fraction of sp³-hybridized carbons (Fsp3) is 0.471. The zero-order chi connectivity index (χ0) is 17.8. The fourth-order valence-corrected chi connectivity index (χ4v) is 3.29. The summed E-state index contributed by atoms with van der Waals surface area (Å²) in [5, 5.41) is 8.39. The Balaban J connectivity index is 1.70. The van der Waals surface area contributed by atoms with Crippen LogP contribution in [0.25, 0.3) is 10.9 Å². The van der Waals surface area contributed by atoms with Crippen molar-refractivity contribution in [2.45, 2.75) is 44.7 Å². The third-order valence-electron chi connectivity index (χ3n) is 4.55. The molecule has 2 N–H and O–H groups in total. The number of fused-ring (bicyclic) bond motifs is 1. The van der Waals surface area contributed by atoms with E-state index < -0.39 is 5.91 Å². The van der Waals surface area contributed by atoms with Gasteiger partial charge < -0.3 is 10.6 Å². The second-order valence-electron chi connectivity index (χ2n) is 6.29. The van der Waals surface area contributed by atoms with Gasteiger partial charge in [-0.1, -0.05) is 17.3 Å². The molecule has 8 heteroatoms. The van der Waals surface area contributed by atoms with Gasteiger partial charge in [0.15, 0.2) is 0 Å². The van der Waals surface area contributed by atoms with E-state index in [1.807, 2.05) is 0 Å². The van der Waals surface area contributed by atoms with Crippen molar-refractivity contribution in [1.82, 2.24) is 19.9 Å². The highest BCUT2D eigenvalue weighted by Crippen LogP contribution is 2.20. The number of aryl methyl sites for hydroxylation is 1. The number of hydrogen-bond acceptors (Lipinski definition) is 5. The third kappa shape index (κ3) is 3.84. The highest BCUT2D eigenvalue weighted by Gasteiger charge is 2.27. The van der Waals surface area contributed by atoms with Crippen molar-refractivity contribution < 1.29 is 9.59 Å². The number of primary amides is 1. The molecule has 132 valence electrons. The minimum absolute atomic E-state index is 0.0900. The number of nitrogens with zero attached hydrogens (tertiary/aromatic N) is 4. The number of hydrogen-bond donors (Lipinski definition) is 1. The largest absolute Gasteiger partial charge is 0.370 e. The molecular weight excluding hydrogens is 322 g/mol. The average molecular weight is 343 g/mol. The Labute approximate surface area is 144 Å². The molecule has 0 bridgehead atoms. The van der Waals surface area contributed by atoms with Crippen molar-refractivity contribution in [3.8, 4) is 0 Å². The minimum Gasteiger partial charge on any atom is -0.370 e. The van der Waals surface area contributed by atoms with Gasteiger partial charge in [-0.3, -0.25) is 14.4 Å². The molecule has 1 saturated heterocycles. The summed E-state index contributed by atoms with van der Waals surface area (Å²) in [5.41, 5.74) is 5.56. The third-order valence-corrected chi connectivity index (χ3v) is 4.55. The minimum atomic E-state index is -0.402. The van der Waals surface area contributed by atoms with Gasteiger partial charge in [-0.2, -0.15) is 0 Å². The molecule has 8 nitrogen and oxygen atoms in total. The van der Waals surface area contributed by atoms with Gasteiger partial charge in [-0.05, 0) is 31.4 Å². The highest BCUT2D eigenvalue weighted by atomic mass is 16.2. The van der Waals surface area contributed by atoms with Crippen LogP contribution in [0.1, 0.15) is 32.1 Å². The second kappa shape index (κ2) is 7.42. The molecule has 0 radical (unpaired) electrons. The number of piperidine rings is 1. The summed E-state index contributed by atoms with van der Waals surface area (Å²) >= 11 is 0. The van der Waals surface area contributed by atoms with E-state index in [0.29, 0.717) is 17.4 Å². The average Bonchev–Trinajstić information content (AvgIpc) is 2.61. The van der Waals surface area contributed by atoms with E-state index in [9.17, 15) is 14.4 Å². The van der Waals surface area contributed by atoms with Gasteiger partial charge in [0.1, 0.15) is 5.52 Å². The van der Waals surface area contributed by atoms with Gasteiger partial charge in [-0.25, -0.2) is 4.68 Å². The number of carbonyl (C=O) groups is 2. The smallest absolute Gasteiger partial charge is 0.277 e. The molecule has 0 unspecified atom stereocenters. The van der Waals surface area contributed by atoms with Crippen molar-refractivity contribution >= 4 is 22.7 Å². The summed E-state index contributed by atoms with van der Waals surface area (Å²) in [6.07, 6.45) is 3.00. The number of likely N-dealkylation sites (tertiary alicyclic amines) is 1. The summed E-state index contributed by atoms with van der Waals surface area (Å²) < 4.78 is 1.22. The van der Waals surface area contributed by atoms with Gasteiger partial charge in [0.05, 0.1) is 11.9 Å². The zero-order valence-corrected chi connectivity index (χ0v) is 13.9. The molecule has 1 aromatic heterocycles. The van der Waals surface area contributed by atoms with Crippen LogP contribution in [-0.2, 0) is 16.1 Å². The highest BCUT2D eigenvalue weighted by molar-refractivity contribution is 5.79. The van der Waals surface area contributed by atoms with Crippen molar-refractivity contribution in [3.63, 3.8) is 0 Å². The first-order chi connectivity index (χ1) is 12.1. The lowest BCUT2D eigenvalue weighted by molar-refractivity contribution is -0.136. The van der Waals surface area contributed by atoms with Crippen molar-refractivity contribution in [2.75, 3.05) is 6.54 Å². The van der Waals surface area contributed by atoms with E-state index in [1.165, 1.54) is 4.68 Å². The molecule has 1 aromatic carbocycles. The molecule has 2 aromatic rings. The Morgan fingerprint density at radius 2 is 2.04 bits per heavy atom.